The van der Waals surface area contributed by atoms with Gasteiger partial charge in [0, 0.05) is 6.42 Å². The number of rotatable bonds is 18. The summed E-state index contributed by atoms with van der Waals surface area (Å²) in [5.41, 5.74) is 0. The Morgan fingerprint density at radius 2 is 1.41 bits per heavy atom. The fourth-order valence-electron chi connectivity index (χ4n) is 2.49. The summed E-state index contributed by atoms with van der Waals surface area (Å²) in [6, 6.07) is 0. The number of carbonyl (C=O) groups excluding carboxylic acids is 1. The molecule has 2 N–H and O–H groups in total. The zero-order valence-corrected chi connectivity index (χ0v) is 17.2. The van der Waals surface area contributed by atoms with E-state index in [1.54, 1.807) is 0 Å². The van der Waals surface area contributed by atoms with Crippen LogP contribution in [0, 0.1) is 0 Å². The largest absolute Gasteiger partial charge is 0.463 e. The third-order valence-electron chi connectivity index (χ3n) is 4.17. The van der Waals surface area contributed by atoms with Gasteiger partial charge >= 0.3 is 5.97 Å². The van der Waals surface area contributed by atoms with Crippen LogP contribution in [0.1, 0.15) is 84.0 Å². The van der Waals surface area contributed by atoms with E-state index in [9.17, 15) is 4.79 Å². The average molecular weight is 381 g/mol. The summed E-state index contributed by atoms with van der Waals surface area (Å²) in [4.78, 5) is 11.4. The first-order chi connectivity index (χ1) is 13.2. The normalized spacial score (nSPS) is 13.1. The van der Waals surface area contributed by atoms with Gasteiger partial charge in [0.05, 0.1) is 6.61 Å². The highest BCUT2D eigenvalue weighted by Crippen LogP contribution is 2.07. The Balaban J connectivity index is 3.37. The van der Waals surface area contributed by atoms with E-state index in [0.29, 0.717) is 6.42 Å². The summed E-state index contributed by atoms with van der Waals surface area (Å²) in [6.45, 7) is 1.73. The summed E-state index contributed by atoms with van der Waals surface area (Å²) in [6.07, 6.45) is 25.1. The smallest absolute Gasteiger partial charge is 0.305 e. The van der Waals surface area contributed by atoms with Crippen molar-refractivity contribution < 1.29 is 19.7 Å². The lowest BCUT2D eigenvalue weighted by Crippen LogP contribution is -2.21. The molecule has 0 saturated heterocycles. The second-order valence-electron chi connectivity index (χ2n) is 6.85. The van der Waals surface area contributed by atoms with Crippen molar-refractivity contribution in [3.05, 3.63) is 36.5 Å². The Labute approximate surface area is 166 Å². The molecule has 4 nitrogen and oxygen atoms in total. The summed E-state index contributed by atoms with van der Waals surface area (Å²) in [7, 11) is 0. The number of esters is 1. The molecular formula is C23H40O4. The lowest BCUT2D eigenvalue weighted by atomic mass is 10.1. The van der Waals surface area contributed by atoms with Crippen molar-refractivity contribution in [2.24, 2.45) is 0 Å². The zero-order valence-electron chi connectivity index (χ0n) is 17.2. The molecule has 4 heteroatoms. The molecule has 156 valence electrons. The fourth-order valence-corrected chi connectivity index (χ4v) is 2.49. The van der Waals surface area contributed by atoms with Crippen LogP contribution in [0.25, 0.3) is 0 Å². The minimum absolute atomic E-state index is 0.121. The number of ether oxygens (including phenoxy) is 1. The zero-order chi connectivity index (χ0) is 20.0. The molecular weight excluding hydrogens is 340 g/mol. The lowest BCUT2D eigenvalue weighted by Gasteiger charge is -2.08. The molecule has 0 radical (unpaired) electrons. The van der Waals surface area contributed by atoms with Crippen LogP contribution in [0.15, 0.2) is 36.5 Å². The first kappa shape index (κ1) is 25.6. The van der Waals surface area contributed by atoms with Gasteiger partial charge in [-0.1, -0.05) is 69.1 Å². The van der Waals surface area contributed by atoms with Gasteiger partial charge in [-0.25, -0.2) is 0 Å². The molecule has 0 aromatic rings. The molecule has 1 atom stereocenters. The second-order valence-corrected chi connectivity index (χ2v) is 6.85. The van der Waals surface area contributed by atoms with E-state index in [-0.39, 0.29) is 19.2 Å². The van der Waals surface area contributed by atoms with Gasteiger partial charge in [0.25, 0.3) is 0 Å². The van der Waals surface area contributed by atoms with Crippen LogP contribution in [0.5, 0.6) is 0 Å². The number of allylic oxidation sites excluding steroid dienone is 6. The quantitative estimate of drug-likeness (QED) is 0.193. The van der Waals surface area contributed by atoms with Gasteiger partial charge < -0.3 is 14.9 Å². The third kappa shape index (κ3) is 20.8. The molecule has 0 heterocycles. The molecule has 0 fully saturated rings. The van der Waals surface area contributed by atoms with Gasteiger partial charge in [0.15, 0.2) is 0 Å². The van der Waals surface area contributed by atoms with E-state index in [2.05, 4.69) is 43.4 Å². The highest BCUT2D eigenvalue weighted by Gasteiger charge is 2.07. The molecule has 0 saturated carbocycles. The van der Waals surface area contributed by atoms with E-state index in [1.807, 2.05) is 0 Å². The Morgan fingerprint density at radius 3 is 2.00 bits per heavy atom. The summed E-state index contributed by atoms with van der Waals surface area (Å²) in [5, 5.41) is 17.7. The number of carbonyl (C=O) groups is 1. The maximum atomic E-state index is 11.4. The molecule has 0 amide bonds. The number of aliphatic hydroxyl groups excluding tert-OH is 2. The lowest BCUT2D eigenvalue weighted by molar-refractivity contribution is -0.147. The van der Waals surface area contributed by atoms with Gasteiger partial charge in [-0.2, -0.15) is 0 Å². The van der Waals surface area contributed by atoms with E-state index in [4.69, 9.17) is 14.9 Å². The molecule has 0 aliphatic heterocycles. The predicted molar refractivity (Wildman–Crippen MR) is 113 cm³/mol. The summed E-state index contributed by atoms with van der Waals surface area (Å²) in [5.74, 6) is -0.301. The SMILES string of the molecule is CCCCCC=CCC=CCC=CCCCCCCC(=O)OC[C@@H](O)CO. The molecule has 0 aliphatic carbocycles. The molecule has 0 rings (SSSR count). The first-order valence-corrected chi connectivity index (χ1v) is 10.6. The van der Waals surface area contributed by atoms with E-state index >= 15 is 0 Å². The Bertz CT molecular complexity index is 413. The average Bonchev–Trinajstić information content (AvgIpc) is 2.68. The van der Waals surface area contributed by atoms with Crippen LogP contribution in [0.2, 0.25) is 0 Å². The van der Waals surface area contributed by atoms with E-state index in [0.717, 1.165) is 44.9 Å². The third-order valence-corrected chi connectivity index (χ3v) is 4.17. The molecule has 0 unspecified atom stereocenters. The minimum atomic E-state index is -0.970. The number of hydrogen-bond donors (Lipinski definition) is 2. The van der Waals surface area contributed by atoms with Gasteiger partial charge in [-0.3, -0.25) is 4.79 Å². The van der Waals surface area contributed by atoms with Crippen molar-refractivity contribution in [3.8, 4) is 0 Å². The number of unbranched alkanes of at least 4 members (excludes halogenated alkanes) is 7. The second kappa shape index (κ2) is 20.9. The topological polar surface area (TPSA) is 66.8 Å². The maximum absolute atomic E-state index is 11.4. The number of aliphatic hydroxyl groups is 2. The Hall–Kier alpha value is -1.39. The van der Waals surface area contributed by atoms with Gasteiger partial charge in [-0.15, -0.1) is 0 Å². The van der Waals surface area contributed by atoms with E-state index < -0.39 is 6.10 Å². The van der Waals surface area contributed by atoms with Gasteiger partial charge in [-0.05, 0) is 44.9 Å². The highest BCUT2D eigenvalue weighted by atomic mass is 16.5. The standard InChI is InChI=1S/C23H40O4/c1-2-3-4-5-6-7-8-9-10-11-12-13-14-15-16-17-18-19-23(26)27-21-22(25)20-24/h6-7,9-10,12-13,22,24-25H,2-5,8,11,14-21H2,1H3/t22-/m0/s1. The van der Waals surface area contributed by atoms with Crippen LogP contribution in [-0.2, 0) is 9.53 Å². The monoisotopic (exact) mass is 380 g/mol. The molecule has 27 heavy (non-hydrogen) atoms. The van der Waals surface area contributed by atoms with Crippen molar-refractivity contribution >= 4 is 5.97 Å². The molecule has 0 aromatic carbocycles. The van der Waals surface area contributed by atoms with Crippen LogP contribution >= 0.6 is 0 Å². The highest BCUT2D eigenvalue weighted by molar-refractivity contribution is 5.69. The first-order valence-electron chi connectivity index (χ1n) is 10.6. The van der Waals surface area contributed by atoms with Crippen molar-refractivity contribution in [1.82, 2.24) is 0 Å². The number of hydrogen-bond acceptors (Lipinski definition) is 4. The summed E-state index contributed by atoms with van der Waals surface area (Å²) < 4.78 is 4.85. The van der Waals surface area contributed by atoms with E-state index in [1.165, 1.54) is 25.7 Å². The van der Waals surface area contributed by atoms with Gasteiger partial charge in [0.2, 0.25) is 0 Å². The fraction of sp³-hybridized carbons (Fsp3) is 0.696. The van der Waals surface area contributed by atoms with Crippen molar-refractivity contribution in [3.63, 3.8) is 0 Å². The van der Waals surface area contributed by atoms with Crippen LogP contribution in [0.3, 0.4) is 0 Å². The molecule has 0 bridgehead atoms. The van der Waals surface area contributed by atoms with Gasteiger partial charge in [0.1, 0.15) is 12.7 Å². The predicted octanol–water partition coefficient (Wildman–Crippen LogP) is 5.25. The van der Waals surface area contributed by atoms with Crippen LogP contribution in [-0.4, -0.2) is 35.5 Å². The van der Waals surface area contributed by atoms with Crippen molar-refractivity contribution in [2.75, 3.05) is 13.2 Å². The van der Waals surface area contributed by atoms with Crippen molar-refractivity contribution in [2.45, 2.75) is 90.1 Å². The maximum Gasteiger partial charge on any atom is 0.305 e. The Kier molecular flexibility index (Phi) is 19.8. The molecule has 0 aliphatic rings. The van der Waals surface area contributed by atoms with Crippen molar-refractivity contribution in [1.29, 1.82) is 0 Å². The summed E-state index contributed by atoms with van der Waals surface area (Å²) >= 11 is 0. The van der Waals surface area contributed by atoms with Crippen LogP contribution in [0.4, 0.5) is 0 Å². The molecule has 0 spiro atoms. The molecule has 0 aromatic heterocycles. The Morgan fingerprint density at radius 1 is 0.852 bits per heavy atom. The minimum Gasteiger partial charge on any atom is -0.463 e. The van der Waals surface area contributed by atoms with Crippen LogP contribution < -0.4 is 0 Å².